The molecule has 0 saturated heterocycles. The first kappa shape index (κ1) is 14.0. The van der Waals surface area contributed by atoms with Crippen molar-refractivity contribution in [1.29, 1.82) is 0 Å². The van der Waals surface area contributed by atoms with Gasteiger partial charge >= 0.3 is 0 Å². The normalized spacial score (nSPS) is 11.4. The molecule has 0 aliphatic rings. The standard InChI is InChI=1S/C13H18ClNO2/c1-8-6-9(2)11(10(14)7-8)15-12(16)13(3,4)17-5/h6-7H,1-5H3,(H,15,16). The number of nitrogens with one attached hydrogen (secondary N) is 1. The molecule has 17 heavy (non-hydrogen) atoms. The number of anilines is 1. The zero-order valence-corrected chi connectivity index (χ0v) is 11.6. The number of rotatable bonds is 3. The fourth-order valence-corrected chi connectivity index (χ4v) is 1.80. The zero-order chi connectivity index (χ0) is 13.2. The van der Waals surface area contributed by atoms with Gasteiger partial charge in [0.2, 0.25) is 0 Å². The van der Waals surface area contributed by atoms with Crippen LogP contribution in [0.4, 0.5) is 5.69 Å². The Hall–Kier alpha value is -1.06. The second-order valence-corrected chi connectivity index (χ2v) is 5.01. The number of carbonyl (C=O) groups is 1. The summed E-state index contributed by atoms with van der Waals surface area (Å²) >= 11 is 6.12. The van der Waals surface area contributed by atoms with Crippen molar-refractivity contribution < 1.29 is 9.53 Å². The zero-order valence-electron chi connectivity index (χ0n) is 10.8. The van der Waals surface area contributed by atoms with Crippen molar-refractivity contribution in [3.05, 3.63) is 28.3 Å². The predicted octanol–water partition coefficient (Wildman–Crippen LogP) is 3.32. The van der Waals surface area contributed by atoms with Gasteiger partial charge in [0.15, 0.2) is 0 Å². The molecule has 0 atom stereocenters. The third-order valence-electron chi connectivity index (χ3n) is 2.73. The first-order valence-electron chi connectivity index (χ1n) is 5.41. The molecule has 1 rings (SSSR count). The average molecular weight is 256 g/mol. The van der Waals surface area contributed by atoms with E-state index in [1.165, 1.54) is 7.11 Å². The Bertz CT molecular complexity index is 418. The molecule has 0 fully saturated rings. The van der Waals surface area contributed by atoms with Gasteiger partial charge in [-0.25, -0.2) is 0 Å². The Labute approximate surface area is 107 Å². The van der Waals surface area contributed by atoms with Crippen LogP contribution in [0.15, 0.2) is 12.1 Å². The quantitative estimate of drug-likeness (QED) is 0.900. The molecule has 0 unspecified atom stereocenters. The van der Waals surface area contributed by atoms with Crippen molar-refractivity contribution in [3.8, 4) is 0 Å². The fourth-order valence-electron chi connectivity index (χ4n) is 1.43. The van der Waals surface area contributed by atoms with Crippen molar-refractivity contribution in [2.24, 2.45) is 0 Å². The van der Waals surface area contributed by atoms with Crippen LogP contribution in [0.1, 0.15) is 25.0 Å². The van der Waals surface area contributed by atoms with Crippen molar-refractivity contribution in [2.45, 2.75) is 33.3 Å². The number of hydrogen-bond acceptors (Lipinski definition) is 2. The molecule has 0 radical (unpaired) electrons. The van der Waals surface area contributed by atoms with Crippen molar-refractivity contribution in [1.82, 2.24) is 0 Å². The molecule has 94 valence electrons. The van der Waals surface area contributed by atoms with E-state index < -0.39 is 5.60 Å². The Balaban J connectivity index is 3.01. The van der Waals surface area contributed by atoms with Crippen LogP contribution in [0.5, 0.6) is 0 Å². The van der Waals surface area contributed by atoms with E-state index in [0.29, 0.717) is 10.7 Å². The lowest BCUT2D eigenvalue weighted by molar-refractivity contribution is -0.133. The second kappa shape index (κ2) is 5.07. The van der Waals surface area contributed by atoms with Gasteiger partial charge in [-0.1, -0.05) is 17.7 Å². The van der Waals surface area contributed by atoms with E-state index in [1.54, 1.807) is 13.8 Å². The van der Waals surface area contributed by atoms with E-state index in [9.17, 15) is 4.79 Å². The summed E-state index contributed by atoms with van der Waals surface area (Å²) in [7, 11) is 1.50. The fraction of sp³-hybridized carbons (Fsp3) is 0.462. The van der Waals surface area contributed by atoms with Crippen LogP contribution in [-0.2, 0) is 9.53 Å². The SMILES string of the molecule is COC(C)(C)C(=O)Nc1c(C)cc(C)cc1Cl. The minimum Gasteiger partial charge on any atom is -0.369 e. The molecule has 0 bridgehead atoms. The summed E-state index contributed by atoms with van der Waals surface area (Å²) in [6, 6.07) is 3.80. The number of hydrogen-bond donors (Lipinski definition) is 1. The lowest BCUT2D eigenvalue weighted by Crippen LogP contribution is -2.39. The Kier molecular flexibility index (Phi) is 4.17. The molecule has 0 aliphatic heterocycles. The summed E-state index contributed by atoms with van der Waals surface area (Å²) in [6.07, 6.45) is 0. The van der Waals surface area contributed by atoms with E-state index in [-0.39, 0.29) is 5.91 Å². The molecule has 0 spiro atoms. The van der Waals surface area contributed by atoms with Gasteiger partial charge in [0.25, 0.3) is 5.91 Å². The van der Waals surface area contributed by atoms with Gasteiger partial charge < -0.3 is 10.1 Å². The maximum atomic E-state index is 12.0. The Morgan fingerprint density at radius 1 is 1.35 bits per heavy atom. The van der Waals surface area contributed by atoms with Crippen molar-refractivity contribution in [3.63, 3.8) is 0 Å². The third-order valence-corrected chi connectivity index (χ3v) is 3.03. The molecule has 1 aromatic rings. The minimum absolute atomic E-state index is 0.214. The predicted molar refractivity (Wildman–Crippen MR) is 70.6 cm³/mol. The highest BCUT2D eigenvalue weighted by atomic mass is 35.5. The van der Waals surface area contributed by atoms with Crippen LogP contribution in [0.2, 0.25) is 5.02 Å². The molecule has 0 aromatic heterocycles. The van der Waals surface area contributed by atoms with Gasteiger partial charge in [-0.2, -0.15) is 0 Å². The molecule has 1 amide bonds. The highest BCUT2D eigenvalue weighted by molar-refractivity contribution is 6.34. The summed E-state index contributed by atoms with van der Waals surface area (Å²) < 4.78 is 5.12. The highest BCUT2D eigenvalue weighted by Gasteiger charge is 2.27. The monoisotopic (exact) mass is 255 g/mol. The Morgan fingerprint density at radius 2 is 1.94 bits per heavy atom. The van der Waals surface area contributed by atoms with E-state index in [4.69, 9.17) is 16.3 Å². The highest BCUT2D eigenvalue weighted by Crippen LogP contribution is 2.28. The lowest BCUT2D eigenvalue weighted by atomic mass is 10.1. The second-order valence-electron chi connectivity index (χ2n) is 4.61. The number of methoxy groups -OCH3 is 1. The van der Waals surface area contributed by atoms with Gasteiger partial charge in [0.1, 0.15) is 5.60 Å². The molecular weight excluding hydrogens is 238 g/mol. The molecule has 1 N–H and O–H groups in total. The average Bonchev–Trinajstić information content (AvgIpc) is 2.22. The van der Waals surface area contributed by atoms with Crippen LogP contribution in [-0.4, -0.2) is 18.6 Å². The molecular formula is C13H18ClNO2. The first-order chi connectivity index (χ1) is 7.77. The van der Waals surface area contributed by atoms with E-state index in [1.807, 2.05) is 26.0 Å². The van der Waals surface area contributed by atoms with E-state index >= 15 is 0 Å². The molecule has 3 nitrogen and oxygen atoms in total. The van der Waals surface area contributed by atoms with Gasteiger partial charge in [-0.05, 0) is 44.9 Å². The van der Waals surface area contributed by atoms with Crippen LogP contribution in [0.25, 0.3) is 0 Å². The maximum Gasteiger partial charge on any atom is 0.256 e. The lowest BCUT2D eigenvalue weighted by Gasteiger charge is -2.23. The number of ether oxygens (including phenoxy) is 1. The number of benzene rings is 1. The van der Waals surface area contributed by atoms with Crippen molar-refractivity contribution >= 4 is 23.2 Å². The number of halogens is 1. The van der Waals surface area contributed by atoms with Crippen LogP contribution in [0, 0.1) is 13.8 Å². The summed E-state index contributed by atoms with van der Waals surface area (Å²) in [6.45, 7) is 7.29. The molecule has 4 heteroatoms. The van der Waals surface area contributed by atoms with Crippen molar-refractivity contribution in [2.75, 3.05) is 12.4 Å². The van der Waals surface area contributed by atoms with Crippen LogP contribution in [0.3, 0.4) is 0 Å². The summed E-state index contributed by atoms with van der Waals surface area (Å²) in [5.41, 5.74) is 1.78. The molecule has 0 saturated carbocycles. The Morgan fingerprint density at radius 3 is 2.41 bits per heavy atom. The maximum absolute atomic E-state index is 12.0. The molecule has 0 aliphatic carbocycles. The molecule has 0 heterocycles. The largest absolute Gasteiger partial charge is 0.369 e. The van der Waals surface area contributed by atoms with Gasteiger partial charge in [0.05, 0.1) is 10.7 Å². The van der Waals surface area contributed by atoms with Gasteiger partial charge in [-0.3, -0.25) is 4.79 Å². The summed E-state index contributed by atoms with van der Waals surface area (Å²) in [5.74, 6) is -0.214. The minimum atomic E-state index is -0.874. The number of carbonyl (C=O) groups excluding carboxylic acids is 1. The van der Waals surface area contributed by atoms with Gasteiger partial charge in [0, 0.05) is 7.11 Å². The smallest absolute Gasteiger partial charge is 0.256 e. The number of aryl methyl sites for hydroxylation is 2. The molecule has 1 aromatic carbocycles. The number of amides is 1. The first-order valence-corrected chi connectivity index (χ1v) is 5.79. The van der Waals surface area contributed by atoms with E-state index in [2.05, 4.69) is 5.32 Å². The summed E-state index contributed by atoms with van der Waals surface area (Å²) in [4.78, 5) is 12.0. The topological polar surface area (TPSA) is 38.3 Å². The summed E-state index contributed by atoms with van der Waals surface area (Å²) in [5, 5.41) is 3.35. The van der Waals surface area contributed by atoms with Crippen LogP contribution >= 0.6 is 11.6 Å². The van der Waals surface area contributed by atoms with Gasteiger partial charge in [-0.15, -0.1) is 0 Å². The van der Waals surface area contributed by atoms with Crippen LogP contribution < -0.4 is 5.32 Å². The van der Waals surface area contributed by atoms with E-state index in [0.717, 1.165) is 11.1 Å². The third kappa shape index (κ3) is 3.20.